The predicted molar refractivity (Wildman–Crippen MR) is 129 cm³/mol. The van der Waals surface area contributed by atoms with Crippen molar-refractivity contribution in [2.45, 2.75) is 19.8 Å². The smallest absolute Gasteiger partial charge is 0.307 e. The molecule has 0 radical (unpaired) electrons. The van der Waals surface area contributed by atoms with E-state index in [-0.39, 0.29) is 48.2 Å². The predicted octanol–water partition coefficient (Wildman–Crippen LogP) is 4.55. The molecular weight excluding hydrogens is 482 g/mol. The number of benzene rings is 2. The Balaban J connectivity index is 2.37. The first-order chi connectivity index (χ1) is 16.6. The summed E-state index contributed by atoms with van der Waals surface area (Å²) in [5.41, 5.74) is 1.23. The summed E-state index contributed by atoms with van der Waals surface area (Å²) in [6, 6.07) is 8.67. The van der Waals surface area contributed by atoms with Crippen molar-refractivity contribution in [2.75, 3.05) is 37.5 Å². The molecule has 1 amide bonds. The molecule has 2 aromatic carbocycles. The Kier molecular flexibility index (Phi) is 10.1. The third-order valence-electron chi connectivity index (χ3n) is 4.69. The number of hydrogen-bond acceptors (Lipinski definition) is 10. The zero-order chi connectivity index (χ0) is 26.0. The summed E-state index contributed by atoms with van der Waals surface area (Å²) < 4.78 is 9.39. The van der Waals surface area contributed by atoms with Gasteiger partial charge in [0.2, 0.25) is 5.91 Å². The van der Waals surface area contributed by atoms with Crippen molar-refractivity contribution in [2.24, 2.45) is 10.2 Å². The lowest BCUT2D eigenvalue weighted by atomic mass is 10.2. The summed E-state index contributed by atoms with van der Waals surface area (Å²) >= 11 is 6.06. The Hall–Kier alpha value is -4.06. The lowest BCUT2D eigenvalue weighted by Gasteiger charge is -2.25. The van der Waals surface area contributed by atoms with Crippen molar-refractivity contribution in [3.63, 3.8) is 0 Å². The average Bonchev–Trinajstić information content (AvgIpc) is 2.82. The van der Waals surface area contributed by atoms with Crippen LogP contribution in [0.15, 0.2) is 46.6 Å². The lowest BCUT2D eigenvalue weighted by molar-refractivity contribution is -0.384. The summed E-state index contributed by atoms with van der Waals surface area (Å²) in [6.45, 7) is 1.83. The van der Waals surface area contributed by atoms with Gasteiger partial charge in [-0.1, -0.05) is 11.6 Å². The van der Waals surface area contributed by atoms with E-state index in [9.17, 15) is 24.5 Å². The molecule has 0 saturated heterocycles. The minimum atomic E-state index is -0.577. The third-order valence-corrected chi connectivity index (χ3v) is 4.99. The topological polar surface area (TPSA) is 153 Å². The average molecular weight is 506 g/mol. The molecule has 1 N–H and O–H groups in total. The highest BCUT2D eigenvalue weighted by molar-refractivity contribution is 6.33. The van der Waals surface area contributed by atoms with Gasteiger partial charge in [-0.2, -0.15) is 0 Å². The lowest BCUT2D eigenvalue weighted by Crippen LogP contribution is -2.29. The van der Waals surface area contributed by atoms with E-state index in [1.165, 1.54) is 33.3 Å². The number of nitrogens with one attached hydrogen (secondary N) is 1. The third kappa shape index (κ3) is 8.34. The second-order valence-electron chi connectivity index (χ2n) is 7.11. The second-order valence-corrected chi connectivity index (χ2v) is 7.52. The van der Waals surface area contributed by atoms with E-state index >= 15 is 0 Å². The molecule has 0 spiro atoms. The summed E-state index contributed by atoms with van der Waals surface area (Å²) in [5, 5.41) is 21.8. The molecule has 13 heteroatoms. The molecule has 0 saturated carbocycles. The van der Waals surface area contributed by atoms with E-state index in [1.54, 1.807) is 23.1 Å². The number of halogens is 1. The van der Waals surface area contributed by atoms with Gasteiger partial charge < -0.3 is 19.7 Å². The van der Waals surface area contributed by atoms with Crippen LogP contribution in [0.5, 0.6) is 0 Å². The number of rotatable bonds is 11. The number of non-ortho nitro benzene ring substituents is 1. The van der Waals surface area contributed by atoms with Gasteiger partial charge in [-0.05, 0) is 24.3 Å². The van der Waals surface area contributed by atoms with Crippen LogP contribution in [0.2, 0.25) is 5.02 Å². The molecule has 2 rings (SSSR count). The van der Waals surface area contributed by atoms with Gasteiger partial charge in [0.25, 0.3) is 5.69 Å². The molecule has 0 fully saturated rings. The van der Waals surface area contributed by atoms with Crippen LogP contribution < -0.4 is 10.2 Å². The quantitative estimate of drug-likeness (QED) is 0.202. The molecule has 0 aromatic heterocycles. The maximum atomic E-state index is 11.8. The molecule has 0 aliphatic carbocycles. The number of carbonyl (C=O) groups excluding carboxylic acids is 3. The maximum Gasteiger partial charge on any atom is 0.307 e. The van der Waals surface area contributed by atoms with Crippen molar-refractivity contribution in [1.29, 1.82) is 0 Å². The number of amides is 1. The number of anilines is 2. The number of methoxy groups -OCH3 is 2. The summed E-state index contributed by atoms with van der Waals surface area (Å²) in [5.74, 6) is -1.19. The Morgan fingerprint density at radius 2 is 1.57 bits per heavy atom. The highest BCUT2D eigenvalue weighted by atomic mass is 35.5. The number of nitro groups is 1. The first-order valence-electron chi connectivity index (χ1n) is 10.3. The fraction of sp³-hybridized carbons (Fsp3) is 0.318. The van der Waals surface area contributed by atoms with Crippen LogP contribution in [0.25, 0.3) is 0 Å². The van der Waals surface area contributed by atoms with Crippen LogP contribution in [0.1, 0.15) is 19.8 Å². The summed E-state index contributed by atoms with van der Waals surface area (Å²) in [6.07, 6.45) is 0.153. The van der Waals surface area contributed by atoms with Gasteiger partial charge in [0.15, 0.2) is 0 Å². The molecule has 0 heterocycles. The first-order valence-corrected chi connectivity index (χ1v) is 10.7. The molecule has 2 aromatic rings. The maximum absolute atomic E-state index is 11.8. The number of nitro benzene ring substituents is 1. The highest BCUT2D eigenvalue weighted by Crippen LogP contribution is 2.34. The van der Waals surface area contributed by atoms with Gasteiger partial charge in [-0.3, -0.25) is 24.5 Å². The molecule has 12 nitrogen and oxygen atoms in total. The van der Waals surface area contributed by atoms with E-state index in [1.807, 2.05) is 0 Å². The molecule has 0 bridgehead atoms. The number of azo groups is 1. The Morgan fingerprint density at radius 3 is 2.09 bits per heavy atom. The number of ether oxygens (including phenoxy) is 2. The number of carbonyl (C=O) groups is 3. The van der Waals surface area contributed by atoms with Gasteiger partial charge in [-0.25, -0.2) is 0 Å². The molecule has 0 unspecified atom stereocenters. The van der Waals surface area contributed by atoms with E-state index in [0.717, 1.165) is 6.07 Å². The Bertz CT molecular complexity index is 1120. The first kappa shape index (κ1) is 27.2. The number of hydrogen-bond donors (Lipinski definition) is 1. The molecular formula is C22H24ClN5O7. The minimum absolute atomic E-state index is 0.0393. The van der Waals surface area contributed by atoms with Gasteiger partial charge >= 0.3 is 11.9 Å². The van der Waals surface area contributed by atoms with Gasteiger partial charge in [0, 0.05) is 37.8 Å². The minimum Gasteiger partial charge on any atom is -0.469 e. The SMILES string of the molecule is COC(=O)CCN(CCC(=O)OC)c1ccc(N=Nc2ccc([N+](=O)[O-])cc2Cl)c(NC(C)=O)c1. The van der Waals surface area contributed by atoms with Crippen LogP contribution >= 0.6 is 11.6 Å². The van der Waals surface area contributed by atoms with Crippen molar-refractivity contribution in [3.8, 4) is 0 Å². The van der Waals surface area contributed by atoms with E-state index in [0.29, 0.717) is 17.1 Å². The fourth-order valence-electron chi connectivity index (χ4n) is 2.92. The van der Waals surface area contributed by atoms with Crippen LogP contribution in [-0.2, 0) is 23.9 Å². The van der Waals surface area contributed by atoms with Gasteiger partial charge in [0.05, 0.1) is 42.7 Å². The van der Waals surface area contributed by atoms with E-state index in [4.69, 9.17) is 21.1 Å². The Labute approximate surface area is 206 Å². The van der Waals surface area contributed by atoms with E-state index in [2.05, 4.69) is 15.5 Å². The van der Waals surface area contributed by atoms with E-state index < -0.39 is 16.9 Å². The van der Waals surface area contributed by atoms with Gasteiger partial charge in [0.1, 0.15) is 11.4 Å². The van der Waals surface area contributed by atoms with Crippen LogP contribution in [-0.4, -0.2) is 50.1 Å². The van der Waals surface area contributed by atoms with Crippen molar-refractivity contribution < 1.29 is 28.8 Å². The fourth-order valence-corrected chi connectivity index (χ4v) is 3.14. The second kappa shape index (κ2) is 13.0. The highest BCUT2D eigenvalue weighted by Gasteiger charge is 2.15. The number of nitrogens with zero attached hydrogens (tertiary/aromatic N) is 4. The Morgan fingerprint density at radius 1 is 1.00 bits per heavy atom. The zero-order valence-corrected chi connectivity index (χ0v) is 20.1. The van der Waals surface area contributed by atoms with Crippen LogP contribution in [0.3, 0.4) is 0 Å². The standard InChI is InChI=1S/C22H24ClN5O7/c1-14(29)24-20-13-15(27(10-8-21(30)34-2)11-9-22(31)35-3)4-7-19(20)26-25-18-6-5-16(28(32)33)12-17(18)23/h4-7,12-13H,8-11H2,1-3H3,(H,24,29). The molecule has 0 aliphatic heterocycles. The molecule has 0 aliphatic rings. The summed E-state index contributed by atoms with van der Waals surface area (Å²) in [4.78, 5) is 47.1. The largest absolute Gasteiger partial charge is 0.469 e. The van der Waals surface area contributed by atoms with Crippen molar-refractivity contribution in [1.82, 2.24) is 0 Å². The normalized spacial score (nSPS) is 10.6. The van der Waals surface area contributed by atoms with Gasteiger partial charge in [-0.15, -0.1) is 10.2 Å². The monoisotopic (exact) mass is 505 g/mol. The van der Waals surface area contributed by atoms with Crippen LogP contribution in [0.4, 0.5) is 28.4 Å². The zero-order valence-electron chi connectivity index (χ0n) is 19.3. The van der Waals surface area contributed by atoms with Crippen molar-refractivity contribution in [3.05, 3.63) is 51.5 Å². The molecule has 0 atom stereocenters. The van der Waals surface area contributed by atoms with Crippen molar-refractivity contribution >= 4 is 57.9 Å². The van der Waals surface area contributed by atoms with Crippen LogP contribution in [0, 0.1) is 10.1 Å². The molecule has 186 valence electrons. The number of esters is 2. The molecule has 35 heavy (non-hydrogen) atoms. The summed E-state index contributed by atoms with van der Waals surface area (Å²) in [7, 11) is 2.57.